The Hall–Kier alpha value is -2.35. The van der Waals surface area contributed by atoms with Crippen molar-refractivity contribution in [2.24, 2.45) is 0 Å². The van der Waals surface area contributed by atoms with Gasteiger partial charge in [-0.3, -0.25) is 0 Å². The quantitative estimate of drug-likeness (QED) is 0.131. The summed E-state index contributed by atoms with van der Waals surface area (Å²) in [5.74, 6) is 0.802. The van der Waals surface area contributed by atoms with E-state index in [-0.39, 0.29) is 5.04 Å². The van der Waals surface area contributed by atoms with E-state index in [2.05, 4.69) is 77.8 Å². The van der Waals surface area contributed by atoms with Gasteiger partial charge in [0.25, 0.3) is 0 Å². The van der Waals surface area contributed by atoms with Gasteiger partial charge in [0, 0.05) is 14.7 Å². The molecule has 0 aliphatic carbocycles. The van der Waals surface area contributed by atoms with Crippen LogP contribution in [-0.2, 0) is 47.9 Å². The molecule has 1 aliphatic heterocycles. The summed E-state index contributed by atoms with van der Waals surface area (Å²) in [6, 6.07) is 29.4. The van der Waals surface area contributed by atoms with E-state index in [0.717, 1.165) is 28.5 Å². The normalized spacial score (nSPS) is 22.1. The van der Waals surface area contributed by atoms with Gasteiger partial charge in [-0.2, -0.15) is 0 Å². The lowest BCUT2D eigenvalue weighted by Gasteiger charge is -2.47. The highest BCUT2D eigenvalue weighted by Crippen LogP contribution is 2.38. The number of ether oxygens (including phenoxy) is 6. The molecule has 0 unspecified atom stereocenters. The summed E-state index contributed by atoms with van der Waals surface area (Å²) in [6.07, 6.45) is -2.62. The van der Waals surface area contributed by atoms with Crippen LogP contribution in [0.2, 0.25) is 43.8 Å². The minimum Gasteiger partial charge on any atom is -0.497 e. The third kappa shape index (κ3) is 11.6. The maximum atomic E-state index is 6.87. The maximum absolute atomic E-state index is 6.87. The van der Waals surface area contributed by atoms with Crippen molar-refractivity contribution in [1.29, 1.82) is 0 Å². The first-order chi connectivity index (χ1) is 22.8. The van der Waals surface area contributed by atoms with E-state index in [9.17, 15) is 0 Å². The Morgan fingerprint density at radius 1 is 0.625 bits per heavy atom. The zero-order valence-electron chi connectivity index (χ0n) is 30.6. The molecule has 0 N–H and O–H groups in total. The fourth-order valence-corrected chi connectivity index (χ4v) is 6.89. The van der Waals surface area contributed by atoms with Crippen LogP contribution in [0.15, 0.2) is 84.9 Å². The molecule has 0 bridgehead atoms. The van der Waals surface area contributed by atoms with Crippen molar-refractivity contribution in [2.45, 2.75) is 115 Å². The lowest BCUT2D eigenvalue weighted by atomic mass is 9.98. The van der Waals surface area contributed by atoms with Crippen LogP contribution in [0.1, 0.15) is 37.5 Å². The number of hydrogen-bond acceptors (Lipinski definition) is 7. The Balaban J connectivity index is 1.69. The Bertz CT molecular complexity index is 1340. The van der Waals surface area contributed by atoms with Crippen molar-refractivity contribution in [1.82, 2.24) is 0 Å². The summed E-state index contributed by atoms with van der Waals surface area (Å²) in [6.45, 7) is 20.5. The number of benzene rings is 3. The van der Waals surface area contributed by atoms with Crippen LogP contribution in [0.5, 0.6) is 5.75 Å². The van der Waals surface area contributed by atoms with Gasteiger partial charge in [-0.05, 0) is 53.0 Å². The van der Waals surface area contributed by atoms with Gasteiger partial charge in [0.15, 0.2) is 14.6 Å². The van der Waals surface area contributed by atoms with E-state index in [1.165, 1.54) is 0 Å². The van der Waals surface area contributed by atoms with E-state index >= 15 is 0 Å². The molecule has 7 nitrogen and oxygen atoms in total. The molecule has 0 spiro atoms. The average molecular weight is 695 g/mol. The van der Waals surface area contributed by atoms with Crippen LogP contribution in [0.4, 0.5) is 0 Å². The molecular formula is C39H58O7Si2. The summed E-state index contributed by atoms with van der Waals surface area (Å²) in [7, 11) is -1.81. The Kier molecular flexibility index (Phi) is 14.1. The monoisotopic (exact) mass is 694 g/mol. The Morgan fingerprint density at radius 3 is 1.62 bits per heavy atom. The minimum absolute atomic E-state index is 0.0426. The van der Waals surface area contributed by atoms with E-state index in [1.807, 2.05) is 60.7 Å². The van der Waals surface area contributed by atoms with Gasteiger partial charge in [0.2, 0.25) is 0 Å². The smallest absolute Gasteiger partial charge is 0.192 e. The van der Waals surface area contributed by atoms with Crippen LogP contribution in [0.25, 0.3) is 0 Å². The maximum Gasteiger partial charge on any atom is 0.192 e. The average Bonchev–Trinajstić information content (AvgIpc) is 3.05. The van der Waals surface area contributed by atoms with E-state index < -0.39 is 47.1 Å². The van der Waals surface area contributed by atoms with Crippen LogP contribution >= 0.6 is 0 Å². The van der Waals surface area contributed by atoms with Gasteiger partial charge in [-0.1, -0.05) is 113 Å². The Labute approximate surface area is 291 Å². The molecule has 3 aromatic carbocycles. The molecule has 0 radical (unpaired) electrons. The highest BCUT2D eigenvalue weighted by Gasteiger charge is 2.50. The van der Waals surface area contributed by atoms with Crippen LogP contribution < -0.4 is 4.74 Å². The highest BCUT2D eigenvalue weighted by molar-refractivity contribution is 6.76. The standard InChI is InChI=1S/C39H58O7Si2/c1-39(2,3)48(8,9)45-29-34-35(42-26-30-16-12-10-13-17-30)36(43-28-32-20-22-33(40-4)23-21-32)37(44-27-31-18-14-11-15-19-31)38(46-34)41-24-25-47(5,6)7/h10-23,34-38H,24-29H2,1-9H3/t34-,35+,36+,37-,38-/m1/s1. The topological polar surface area (TPSA) is 64.6 Å². The van der Waals surface area contributed by atoms with Crippen molar-refractivity contribution in [2.75, 3.05) is 20.3 Å². The molecule has 9 heteroatoms. The van der Waals surface area contributed by atoms with Crippen LogP contribution in [0, 0.1) is 0 Å². The molecule has 3 aromatic rings. The van der Waals surface area contributed by atoms with Crippen molar-refractivity contribution >= 4 is 16.4 Å². The summed E-state index contributed by atoms with van der Waals surface area (Å²) in [5.41, 5.74) is 3.17. The van der Waals surface area contributed by atoms with Gasteiger partial charge < -0.3 is 32.8 Å². The molecule has 1 heterocycles. The second-order valence-corrected chi connectivity index (χ2v) is 25.9. The third-order valence-corrected chi connectivity index (χ3v) is 15.5. The van der Waals surface area contributed by atoms with Gasteiger partial charge >= 0.3 is 0 Å². The first-order valence-corrected chi connectivity index (χ1v) is 23.8. The van der Waals surface area contributed by atoms with E-state index in [1.54, 1.807) is 7.11 Å². The van der Waals surface area contributed by atoms with Crippen molar-refractivity contribution in [3.05, 3.63) is 102 Å². The minimum atomic E-state index is -2.11. The van der Waals surface area contributed by atoms with Gasteiger partial charge in [-0.15, -0.1) is 0 Å². The van der Waals surface area contributed by atoms with Gasteiger partial charge in [-0.25, -0.2) is 0 Å². The lowest BCUT2D eigenvalue weighted by Crippen LogP contribution is -2.62. The molecule has 1 aliphatic rings. The first-order valence-electron chi connectivity index (χ1n) is 17.2. The molecular weight excluding hydrogens is 637 g/mol. The molecule has 48 heavy (non-hydrogen) atoms. The van der Waals surface area contributed by atoms with Crippen LogP contribution in [0.3, 0.4) is 0 Å². The summed E-state index contributed by atoms with van der Waals surface area (Å²) in [4.78, 5) is 0. The predicted octanol–water partition coefficient (Wildman–Crippen LogP) is 8.85. The zero-order chi connectivity index (χ0) is 34.8. The SMILES string of the molecule is COc1ccc(CO[C@H]2[C@@H](OCc3ccccc3)[C@@H](CO[Si](C)(C)C(C)(C)C)O[C@@H](OCC[Si](C)(C)C)[C@@H]2OCc2ccccc2)cc1. The zero-order valence-corrected chi connectivity index (χ0v) is 32.6. The molecule has 0 amide bonds. The van der Waals surface area contributed by atoms with Crippen LogP contribution in [-0.4, -0.2) is 67.4 Å². The van der Waals surface area contributed by atoms with Crippen molar-refractivity contribution in [3.8, 4) is 5.75 Å². The fraction of sp³-hybridized carbons (Fsp3) is 0.538. The lowest BCUT2D eigenvalue weighted by molar-refractivity contribution is -0.325. The molecule has 4 rings (SSSR count). The van der Waals surface area contributed by atoms with Gasteiger partial charge in [0.1, 0.15) is 30.2 Å². The predicted molar refractivity (Wildman–Crippen MR) is 198 cm³/mol. The van der Waals surface area contributed by atoms with Crippen molar-refractivity contribution in [3.63, 3.8) is 0 Å². The highest BCUT2D eigenvalue weighted by atomic mass is 28.4. The molecule has 1 fully saturated rings. The molecule has 0 aromatic heterocycles. The van der Waals surface area contributed by atoms with Gasteiger partial charge in [0.05, 0.1) is 33.5 Å². The second-order valence-electron chi connectivity index (χ2n) is 15.4. The van der Waals surface area contributed by atoms with E-state index in [0.29, 0.717) is 33.0 Å². The van der Waals surface area contributed by atoms with E-state index in [4.69, 9.17) is 32.8 Å². The summed E-state index contributed by atoms with van der Waals surface area (Å²) in [5, 5.41) is 0.0426. The molecule has 1 saturated heterocycles. The number of methoxy groups -OCH3 is 1. The summed E-state index contributed by atoms with van der Waals surface area (Å²) < 4.78 is 46.1. The first kappa shape index (κ1) is 38.5. The molecule has 5 atom stereocenters. The Morgan fingerprint density at radius 2 is 1.12 bits per heavy atom. The summed E-state index contributed by atoms with van der Waals surface area (Å²) >= 11 is 0. The third-order valence-electron chi connectivity index (χ3n) is 9.31. The fourth-order valence-electron chi connectivity index (χ4n) is 5.15. The second kappa shape index (κ2) is 17.5. The number of rotatable bonds is 17. The molecule has 0 saturated carbocycles. The molecule has 264 valence electrons. The van der Waals surface area contributed by atoms with Crippen molar-refractivity contribution < 1.29 is 32.8 Å². The largest absolute Gasteiger partial charge is 0.497 e. The number of hydrogen-bond donors (Lipinski definition) is 0.